The van der Waals surface area contributed by atoms with Crippen molar-refractivity contribution in [3.05, 3.63) is 29.8 Å². The molecule has 3 heterocycles. The average Bonchev–Trinajstić information content (AvgIpc) is 2.99. The number of hydrogen-bond acceptors (Lipinski definition) is 3. The Morgan fingerprint density at radius 2 is 2.00 bits per heavy atom. The normalized spacial score (nSPS) is 30.7. The monoisotopic (exact) mass is 285 g/mol. The van der Waals surface area contributed by atoms with E-state index in [1.807, 2.05) is 24.3 Å². The summed E-state index contributed by atoms with van der Waals surface area (Å²) >= 11 is 0. The van der Waals surface area contributed by atoms with Crippen LogP contribution in [-0.2, 0) is 19.8 Å². The Balaban J connectivity index is 1.80. The van der Waals surface area contributed by atoms with Gasteiger partial charge in [-0.1, -0.05) is 18.2 Å². The number of benzene rings is 1. The minimum absolute atomic E-state index is 0.0799. The van der Waals surface area contributed by atoms with Gasteiger partial charge in [-0.2, -0.15) is 0 Å². The molecule has 3 aliphatic heterocycles. The lowest BCUT2D eigenvalue weighted by atomic mass is 9.79. The van der Waals surface area contributed by atoms with E-state index in [2.05, 4.69) is 5.32 Å². The fourth-order valence-electron chi connectivity index (χ4n) is 3.75. The third kappa shape index (κ3) is 1.44. The summed E-state index contributed by atoms with van der Waals surface area (Å²) in [6, 6.07) is 6.99. The van der Waals surface area contributed by atoms with Crippen molar-refractivity contribution >= 4 is 23.4 Å². The summed E-state index contributed by atoms with van der Waals surface area (Å²) in [5.74, 6) is -0.277. The van der Waals surface area contributed by atoms with Crippen LogP contribution in [0.1, 0.15) is 12.0 Å². The van der Waals surface area contributed by atoms with Crippen LogP contribution in [0.5, 0.6) is 0 Å². The van der Waals surface area contributed by atoms with Gasteiger partial charge in [-0.05, 0) is 18.1 Å². The number of rotatable bonds is 0. The first-order valence-electron chi connectivity index (χ1n) is 6.98. The average molecular weight is 285 g/mol. The van der Waals surface area contributed by atoms with Crippen molar-refractivity contribution in [2.75, 3.05) is 25.5 Å². The van der Waals surface area contributed by atoms with E-state index in [9.17, 15) is 14.4 Å². The minimum atomic E-state index is -0.780. The smallest absolute Gasteiger partial charge is 0.245 e. The molecule has 1 aromatic carbocycles. The van der Waals surface area contributed by atoms with Gasteiger partial charge in [0.2, 0.25) is 17.7 Å². The van der Waals surface area contributed by atoms with Crippen LogP contribution in [0.3, 0.4) is 0 Å². The van der Waals surface area contributed by atoms with Gasteiger partial charge >= 0.3 is 0 Å². The van der Waals surface area contributed by atoms with Crippen LogP contribution in [-0.4, -0.2) is 53.7 Å². The Kier molecular flexibility index (Phi) is 2.26. The van der Waals surface area contributed by atoms with Crippen molar-refractivity contribution in [1.29, 1.82) is 0 Å². The van der Waals surface area contributed by atoms with Gasteiger partial charge in [0.25, 0.3) is 0 Å². The molecule has 21 heavy (non-hydrogen) atoms. The maximum atomic E-state index is 12.5. The van der Waals surface area contributed by atoms with E-state index < -0.39 is 11.5 Å². The lowest BCUT2D eigenvalue weighted by Gasteiger charge is -2.33. The summed E-state index contributed by atoms with van der Waals surface area (Å²) in [4.78, 5) is 40.0. The number of fused-ring (bicyclic) bond motifs is 3. The summed E-state index contributed by atoms with van der Waals surface area (Å²) in [5, 5.41) is 2.88. The first-order chi connectivity index (χ1) is 10.0. The highest BCUT2D eigenvalue weighted by Gasteiger charge is 2.58. The molecule has 1 N–H and O–H groups in total. The Morgan fingerprint density at radius 1 is 1.24 bits per heavy atom. The largest absolute Gasteiger partial charge is 0.335 e. The standard InChI is InChI=1S/C15H15N3O3/c1-17-7-12(19)18-8-15(6-11(18)13(17)20)9-4-2-3-5-10(9)16-14(15)21/h2-5,11H,6-8H2,1H3,(H,16,21). The molecular formula is C15H15N3O3. The van der Waals surface area contributed by atoms with Gasteiger partial charge in [-0.15, -0.1) is 0 Å². The molecule has 4 rings (SSSR count). The van der Waals surface area contributed by atoms with Crippen molar-refractivity contribution < 1.29 is 14.4 Å². The molecule has 2 unspecified atom stereocenters. The number of piperazine rings is 1. The van der Waals surface area contributed by atoms with Gasteiger partial charge in [0, 0.05) is 19.3 Å². The number of amides is 3. The molecule has 0 aromatic heterocycles. The molecule has 2 fully saturated rings. The fourth-order valence-corrected chi connectivity index (χ4v) is 3.75. The summed E-state index contributed by atoms with van der Waals surface area (Å²) < 4.78 is 0. The maximum Gasteiger partial charge on any atom is 0.245 e. The minimum Gasteiger partial charge on any atom is -0.335 e. The first kappa shape index (κ1) is 12.4. The number of nitrogens with zero attached hydrogens (tertiary/aromatic N) is 2. The molecule has 1 aromatic rings. The molecule has 0 aliphatic carbocycles. The van der Waals surface area contributed by atoms with E-state index in [0.29, 0.717) is 13.0 Å². The molecule has 6 heteroatoms. The van der Waals surface area contributed by atoms with Gasteiger partial charge in [-0.3, -0.25) is 14.4 Å². The SMILES string of the molecule is CN1CC(=O)N2CC3(CC2C1=O)C(=O)Nc1ccccc13. The number of hydrogen-bond donors (Lipinski definition) is 1. The van der Waals surface area contributed by atoms with E-state index in [-0.39, 0.29) is 24.3 Å². The van der Waals surface area contributed by atoms with Crippen LogP contribution >= 0.6 is 0 Å². The molecule has 0 saturated carbocycles. The van der Waals surface area contributed by atoms with Crippen LogP contribution in [0.25, 0.3) is 0 Å². The summed E-state index contributed by atoms with van der Waals surface area (Å²) in [7, 11) is 1.63. The van der Waals surface area contributed by atoms with Gasteiger partial charge in [-0.25, -0.2) is 0 Å². The number of nitrogens with one attached hydrogen (secondary N) is 1. The van der Waals surface area contributed by atoms with E-state index in [0.717, 1.165) is 11.3 Å². The van der Waals surface area contributed by atoms with E-state index in [1.54, 1.807) is 11.9 Å². The van der Waals surface area contributed by atoms with Gasteiger partial charge in [0.05, 0.1) is 12.0 Å². The van der Waals surface area contributed by atoms with E-state index in [4.69, 9.17) is 0 Å². The molecular weight excluding hydrogens is 270 g/mol. The molecule has 2 atom stereocenters. The van der Waals surface area contributed by atoms with E-state index in [1.165, 1.54) is 4.90 Å². The highest BCUT2D eigenvalue weighted by atomic mass is 16.2. The number of likely N-dealkylation sites (N-methyl/N-ethyl adjacent to an activating group) is 1. The molecule has 2 saturated heterocycles. The molecule has 3 aliphatic rings. The van der Waals surface area contributed by atoms with Crippen molar-refractivity contribution in [3.63, 3.8) is 0 Å². The number of para-hydroxylation sites is 1. The van der Waals surface area contributed by atoms with Gasteiger partial charge < -0.3 is 15.1 Å². The number of carbonyl (C=O) groups excluding carboxylic acids is 3. The lowest BCUT2D eigenvalue weighted by molar-refractivity contribution is -0.152. The molecule has 0 bridgehead atoms. The number of carbonyl (C=O) groups is 3. The molecule has 3 amide bonds. The Bertz CT molecular complexity index is 686. The van der Waals surface area contributed by atoms with Crippen molar-refractivity contribution in [3.8, 4) is 0 Å². The van der Waals surface area contributed by atoms with Crippen molar-refractivity contribution in [2.24, 2.45) is 0 Å². The zero-order valence-corrected chi connectivity index (χ0v) is 11.6. The molecule has 1 spiro atoms. The van der Waals surface area contributed by atoms with Gasteiger partial charge in [0.15, 0.2) is 0 Å². The van der Waals surface area contributed by atoms with Crippen molar-refractivity contribution in [2.45, 2.75) is 17.9 Å². The zero-order valence-electron chi connectivity index (χ0n) is 11.6. The third-order valence-corrected chi connectivity index (χ3v) is 4.84. The highest BCUT2D eigenvalue weighted by molar-refractivity contribution is 6.08. The predicted molar refractivity (Wildman–Crippen MR) is 74.5 cm³/mol. The summed E-state index contributed by atoms with van der Waals surface area (Å²) in [6.07, 6.45) is 0.366. The van der Waals surface area contributed by atoms with Crippen LogP contribution in [0.4, 0.5) is 5.69 Å². The number of anilines is 1. The second kappa shape index (κ2) is 3.84. The molecule has 108 valence electrons. The first-order valence-corrected chi connectivity index (χ1v) is 6.98. The Morgan fingerprint density at radius 3 is 2.81 bits per heavy atom. The topological polar surface area (TPSA) is 69.7 Å². The van der Waals surface area contributed by atoms with Crippen LogP contribution in [0, 0.1) is 0 Å². The second-order valence-corrected chi connectivity index (χ2v) is 6.02. The Labute approximate surface area is 121 Å². The summed E-state index contributed by atoms with van der Waals surface area (Å²) in [5.41, 5.74) is 0.904. The van der Waals surface area contributed by atoms with Crippen molar-refractivity contribution in [1.82, 2.24) is 9.80 Å². The Hall–Kier alpha value is -2.37. The summed E-state index contributed by atoms with van der Waals surface area (Å²) in [6.45, 7) is 0.383. The van der Waals surface area contributed by atoms with Crippen LogP contribution in [0.15, 0.2) is 24.3 Å². The zero-order chi connectivity index (χ0) is 14.8. The van der Waals surface area contributed by atoms with Crippen LogP contribution in [0.2, 0.25) is 0 Å². The lowest BCUT2D eigenvalue weighted by Crippen LogP contribution is -2.56. The quantitative estimate of drug-likeness (QED) is 0.726. The molecule has 6 nitrogen and oxygen atoms in total. The maximum absolute atomic E-state index is 12.5. The van der Waals surface area contributed by atoms with Gasteiger partial charge in [0.1, 0.15) is 6.04 Å². The fraction of sp³-hybridized carbons (Fsp3) is 0.400. The third-order valence-electron chi connectivity index (χ3n) is 4.84. The second-order valence-electron chi connectivity index (χ2n) is 6.02. The van der Waals surface area contributed by atoms with Crippen LogP contribution < -0.4 is 5.32 Å². The van der Waals surface area contributed by atoms with E-state index >= 15 is 0 Å². The highest BCUT2D eigenvalue weighted by Crippen LogP contribution is 2.47. The molecule has 0 radical (unpaired) electrons. The predicted octanol–water partition coefficient (Wildman–Crippen LogP) is -0.0506.